The minimum Gasteiger partial charge on any atom is -0.392 e. The first-order chi connectivity index (χ1) is 16.4. The third kappa shape index (κ3) is 3.20. The smallest absolute Gasteiger partial charge is 0.100 e. The van der Waals surface area contributed by atoms with Gasteiger partial charge in [-0.3, -0.25) is 4.90 Å². The molecule has 1 saturated heterocycles. The Morgan fingerprint density at radius 1 is 1.20 bits per heavy atom. The maximum absolute atomic E-state index is 12.5. The summed E-state index contributed by atoms with van der Waals surface area (Å²) in [6, 6.07) is 0.260. The first-order valence-electron chi connectivity index (χ1n) is 13.6. The van der Waals surface area contributed by atoms with E-state index in [1.165, 1.54) is 12.8 Å². The first kappa shape index (κ1) is 25.5. The van der Waals surface area contributed by atoms with Crippen molar-refractivity contribution in [2.75, 3.05) is 26.8 Å². The third-order valence-corrected chi connectivity index (χ3v) is 11.3. The molecule has 0 aromatic carbocycles. The number of likely N-dealkylation sites (tertiary alicyclic amines) is 1. The third-order valence-electron chi connectivity index (χ3n) is 11.3. The van der Waals surface area contributed by atoms with Crippen molar-refractivity contribution in [3.8, 4) is 12.3 Å². The van der Waals surface area contributed by atoms with Crippen molar-refractivity contribution in [1.82, 2.24) is 4.90 Å². The molecule has 5 nitrogen and oxygen atoms in total. The second-order valence-corrected chi connectivity index (χ2v) is 13.4. The summed E-state index contributed by atoms with van der Waals surface area (Å²) in [5.41, 5.74) is -1.04. The Morgan fingerprint density at radius 3 is 2.49 bits per heavy atom. The zero-order valence-corrected chi connectivity index (χ0v) is 22.3. The molecule has 5 fully saturated rings. The van der Waals surface area contributed by atoms with Crippen LogP contribution >= 0.6 is 0 Å². The molecule has 7 atom stereocenters. The van der Waals surface area contributed by atoms with Gasteiger partial charge in [0.15, 0.2) is 0 Å². The zero-order valence-electron chi connectivity index (χ0n) is 22.3. The van der Waals surface area contributed by atoms with E-state index in [0.717, 1.165) is 62.3 Å². The van der Waals surface area contributed by atoms with E-state index in [0.29, 0.717) is 0 Å². The molecule has 5 aliphatic carbocycles. The Kier molecular flexibility index (Phi) is 5.95. The number of aliphatic hydroxyl groups is 3. The Labute approximate surface area is 211 Å². The van der Waals surface area contributed by atoms with E-state index in [-0.39, 0.29) is 29.4 Å². The Morgan fingerprint density at radius 2 is 1.91 bits per heavy atom. The average Bonchev–Trinajstić information content (AvgIpc) is 3.63. The van der Waals surface area contributed by atoms with Crippen LogP contribution in [0.15, 0.2) is 23.3 Å². The molecule has 5 heteroatoms. The molecule has 6 rings (SSSR count). The number of hydrogen-bond donors (Lipinski definition) is 3. The fourth-order valence-corrected chi connectivity index (χ4v) is 8.87. The van der Waals surface area contributed by atoms with Gasteiger partial charge in [0, 0.05) is 36.6 Å². The fraction of sp³-hybridized carbons (Fsp3) is 0.800. The van der Waals surface area contributed by atoms with Gasteiger partial charge in [-0.05, 0) is 80.7 Å². The van der Waals surface area contributed by atoms with Crippen molar-refractivity contribution >= 4 is 0 Å². The molecule has 35 heavy (non-hydrogen) atoms. The predicted molar refractivity (Wildman–Crippen MR) is 137 cm³/mol. The van der Waals surface area contributed by atoms with E-state index in [2.05, 4.69) is 31.6 Å². The normalized spacial score (nSPS) is 43.2. The van der Waals surface area contributed by atoms with E-state index >= 15 is 0 Å². The fourth-order valence-electron chi connectivity index (χ4n) is 8.87. The van der Waals surface area contributed by atoms with Crippen LogP contribution in [-0.2, 0) is 4.74 Å². The van der Waals surface area contributed by atoms with Gasteiger partial charge in [0.25, 0.3) is 0 Å². The summed E-state index contributed by atoms with van der Waals surface area (Å²) in [5.74, 6) is 3.64. The summed E-state index contributed by atoms with van der Waals surface area (Å²) < 4.78 is 6.34. The average molecular weight is 484 g/mol. The molecule has 3 N–H and O–H groups in total. The van der Waals surface area contributed by atoms with Crippen LogP contribution in [0, 0.1) is 40.4 Å². The molecular formula is C30H45NO4. The van der Waals surface area contributed by atoms with Crippen molar-refractivity contribution in [1.29, 1.82) is 0 Å². The molecule has 0 aromatic heterocycles. The number of terminal acetylenes is 1. The molecule has 194 valence electrons. The second-order valence-electron chi connectivity index (χ2n) is 13.4. The number of methoxy groups -OCH3 is 1. The minimum atomic E-state index is -1.02. The number of fused-ring (bicyclic) bond motifs is 2. The van der Waals surface area contributed by atoms with E-state index < -0.39 is 22.7 Å². The van der Waals surface area contributed by atoms with Crippen LogP contribution in [0.4, 0.5) is 0 Å². The molecule has 0 radical (unpaired) electrons. The largest absolute Gasteiger partial charge is 0.392 e. The van der Waals surface area contributed by atoms with Crippen molar-refractivity contribution in [3.05, 3.63) is 23.3 Å². The van der Waals surface area contributed by atoms with Crippen LogP contribution in [0.1, 0.15) is 72.6 Å². The summed E-state index contributed by atoms with van der Waals surface area (Å²) >= 11 is 0. The summed E-state index contributed by atoms with van der Waals surface area (Å²) in [7, 11) is 1.71. The SMILES string of the molecule is C#CC1=C(/C=C\CO)C[C@H]2N(CC3CC3)CC[C@@]13[C@@H](O)[C@]1(OC)CC[C@@]23C[C@@H]1[C@](C)(O)C(C)(C)C. The second kappa shape index (κ2) is 8.17. The van der Waals surface area contributed by atoms with Crippen LogP contribution in [0.3, 0.4) is 0 Å². The summed E-state index contributed by atoms with van der Waals surface area (Å²) in [6.07, 6.45) is 16.0. The van der Waals surface area contributed by atoms with E-state index in [1.54, 1.807) is 13.2 Å². The summed E-state index contributed by atoms with van der Waals surface area (Å²) in [6.45, 7) is 10.2. The Bertz CT molecular complexity index is 966. The van der Waals surface area contributed by atoms with Gasteiger partial charge >= 0.3 is 0 Å². The molecular weight excluding hydrogens is 438 g/mol. The number of piperidine rings is 1. The van der Waals surface area contributed by atoms with Gasteiger partial charge in [-0.1, -0.05) is 38.8 Å². The van der Waals surface area contributed by atoms with Crippen LogP contribution in [0.25, 0.3) is 0 Å². The van der Waals surface area contributed by atoms with Gasteiger partial charge < -0.3 is 20.1 Å². The van der Waals surface area contributed by atoms with Gasteiger partial charge in [0.05, 0.1) is 18.3 Å². The Hall–Kier alpha value is -1.16. The molecule has 0 aromatic rings. The lowest BCUT2D eigenvalue weighted by atomic mass is 9.32. The molecule has 0 unspecified atom stereocenters. The molecule has 4 saturated carbocycles. The number of rotatable bonds is 6. The molecule has 1 heterocycles. The van der Waals surface area contributed by atoms with Crippen molar-refractivity contribution in [3.63, 3.8) is 0 Å². The van der Waals surface area contributed by atoms with Crippen LogP contribution in [0.5, 0.6) is 0 Å². The lowest BCUT2D eigenvalue weighted by Crippen LogP contribution is -2.82. The number of aliphatic hydroxyl groups excluding tert-OH is 2. The molecule has 6 aliphatic rings. The maximum atomic E-state index is 12.5. The van der Waals surface area contributed by atoms with E-state index in [1.807, 2.05) is 13.0 Å². The van der Waals surface area contributed by atoms with E-state index in [4.69, 9.17) is 11.2 Å². The quantitative estimate of drug-likeness (QED) is 0.503. The Balaban J connectivity index is 1.73. The van der Waals surface area contributed by atoms with Crippen molar-refractivity contribution < 1.29 is 20.1 Å². The van der Waals surface area contributed by atoms with Crippen molar-refractivity contribution in [2.45, 2.75) is 96.0 Å². The minimum absolute atomic E-state index is 0.0307. The molecule has 0 amide bonds. The first-order valence-corrected chi connectivity index (χ1v) is 13.6. The van der Waals surface area contributed by atoms with Gasteiger partial charge in [-0.25, -0.2) is 0 Å². The van der Waals surface area contributed by atoms with Gasteiger partial charge in [-0.2, -0.15) is 0 Å². The van der Waals surface area contributed by atoms with Crippen LogP contribution in [-0.4, -0.2) is 70.4 Å². The topological polar surface area (TPSA) is 73.2 Å². The lowest BCUT2D eigenvalue weighted by Gasteiger charge is -2.77. The molecule has 1 spiro atoms. The summed E-state index contributed by atoms with van der Waals surface area (Å²) in [4.78, 5) is 2.69. The highest BCUT2D eigenvalue weighted by Gasteiger charge is 2.79. The summed E-state index contributed by atoms with van der Waals surface area (Å²) in [5, 5.41) is 34.1. The number of hydrogen-bond acceptors (Lipinski definition) is 5. The standard InChI is InChI=1S/C30H45NO4/c1-7-22-21(9-8-16-32)17-24-28-12-13-30(35-6,23(18-28)27(5,34)26(2,3)4)25(33)29(22,28)14-15-31(24)19-20-10-11-20/h1,8-9,20,23-25,32-34H,10-19H2,2-6H3/b9-8-/t23-,24-,25-,27+,28-,29+,30+/m1/s1. The van der Waals surface area contributed by atoms with Gasteiger partial charge in [-0.15, -0.1) is 6.42 Å². The van der Waals surface area contributed by atoms with Crippen molar-refractivity contribution in [2.24, 2.45) is 28.1 Å². The van der Waals surface area contributed by atoms with Crippen LogP contribution in [0.2, 0.25) is 0 Å². The predicted octanol–water partition coefficient (Wildman–Crippen LogP) is 3.68. The number of allylic oxidation sites excluding steroid dienone is 1. The van der Waals surface area contributed by atoms with E-state index in [9.17, 15) is 15.3 Å². The highest BCUT2D eigenvalue weighted by atomic mass is 16.5. The monoisotopic (exact) mass is 483 g/mol. The highest BCUT2D eigenvalue weighted by Crippen LogP contribution is 2.76. The number of nitrogens with zero attached hydrogens (tertiary/aromatic N) is 1. The number of ether oxygens (including phenoxy) is 1. The lowest BCUT2D eigenvalue weighted by molar-refractivity contribution is -0.337. The zero-order chi connectivity index (χ0) is 25.4. The van der Waals surface area contributed by atoms with Crippen LogP contribution < -0.4 is 0 Å². The van der Waals surface area contributed by atoms with Gasteiger partial charge in [0.1, 0.15) is 5.60 Å². The van der Waals surface area contributed by atoms with Gasteiger partial charge in [0.2, 0.25) is 0 Å². The maximum Gasteiger partial charge on any atom is 0.100 e. The highest BCUT2D eigenvalue weighted by molar-refractivity contribution is 5.52. The molecule has 1 aliphatic heterocycles. The molecule has 4 bridgehead atoms.